The van der Waals surface area contributed by atoms with Crippen molar-refractivity contribution in [1.29, 1.82) is 0 Å². The van der Waals surface area contributed by atoms with Crippen molar-refractivity contribution in [2.24, 2.45) is 0 Å². The van der Waals surface area contributed by atoms with E-state index in [-0.39, 0.29) is 24.1 Å². The van der Waals surface area contributed by atoms with Gasteiger partial charge in [0.2, 0.25) is 0 Å². The quantitative estimate of drug-likeness (QED) is 0.368. The van der Waals surface area contributed by atoms with Gasteiger partial charge in [-0.05, 0) is 86.8 Å². The van der Waals surface area contributed by atoms with E-state index < -0.39 is 0 Å². The number of halogens is 1. The molecule has 7 rings (SSSR count). The Morgan fingerprint density at radius 1 is 0.659 bits per heavy atom. The Morgan fingerprint density at radius 3 is 2.02 bits per heavy atom. The Balaban J connectivity index is 0.000000131. The van der Waals surface area contributed by atoms with Crippen LogP contribution in [0.2, 0.25) is 0 Å². The number of ether oxygens (including phenoxy) is 4. The largest absolute Gasteiger partial charge is 0.493 e. The van der Waals surface area contributed by atoms with E-state index in [0.717, 1.165) is 75.6 Å². The first-order chi connectivity index (χ1) is 21.5. The molecule has 0 saturated carbocycles. The second-order valence-corrected chi connectivity index (χ2v) is 11.7. The van der Waals surface area contributed by atoms with Crippen molar-refractivity contribution < 1.29 is 23.3 Å². The molecule has 0 unspecified atom stereocenters. The van der Waals surface area contributed by atoms with Gasteiger partial charge in [0.15, 0.2) is 0 Å². The van der Waals surface area contributed by atoms with Crippen LogP contribution in [0.1, 0.15) is 62.8 Å². The molecule has 238 valence electrons. The van der Waals surface area contributed by atoms with Crippen LogP contribution in [0.25, 0.3) is 0 Å². The zero-order valence-corrected chi connectivity index (χ0v) is 26.6. The highest BCUT2D eigenvalue weighted by Crippen LogP contribution is 2.39. The minimum absolute atomic E-state index is 0.000509. The lowest BCUT2D eigenvalue weighted by Crippen LogP contribution is -2.25. The van der Waals surface area contributed by atoms with Gasteiger partial charge in [-0.3, -0.25) is 0 Å². The molecule has 4 heterocycles. The molecule has 3 atom stereocenters. The van der Waals surface area contributed by atoms with E-state index in [4.69, 9.17) is 18.9 Å². The fourth-order valence-corrected chi connectivity index (χ4v) is 6.54. The van der Waals surface area contributed by atoms with Gasteiger partial charge in [0, 0.05) is 31.6 Å². The van der Waals surface area contributed by atoms with Crippen LogP contribution < -0.4 is 20.7 Å². The summed E-state index contributed by atoms with van der Waals surface area (Å²) in [5.74, 6) is 0.990. The van der Waals surface area contributed by atoms with Crippen molar-refractivity contribution in [1.82, 2.24) is 16.0 Å². The highest BCUT2D eigenvalue weighted by atomic mass is 19.1. The van der Waals surface area contributed by atoms with Crippen molar-refractivity contribution >= 4 is 0 Å². The number of fused-ring (bicyclic) bond motifs is 5. The zero-order valence-electron chi connectivity index (χ0n) is 26.6. The van der Waals surface area contributed by atoms with E-state index in [2.05, 4.69) is 53.2 Å². The van der Waals surface area contributed by atoms with Crippen LogP contribution in [-0.2, 0) is 39.9 Å². The number of hydrogen-bond acceptors (Lipinski definition) is 7. The summed E-state index contributed by atoms with van der Waals surface area (Å²) in [6.07, 6.45) is 4.17. The van der Waals surface area contributed by atoms with Crippen LogP contribution in [0.5, 0.6) is 5.75 Å². The van der Waals surface area contributed by atoms with Gasteiger partial charge in [-0.25, -0.2) is 4.39 Å². The van der Waals surface area contributed by atoms with E-state index in [1.165, 1.54) is 39.4 Å². The van der Waals surface area contributed by atoms with E-state index in [0.29, 0.717) is 13.0 Å². The minimum Gasteiger partial charge on any atom is -0.493 e. The minimum atomic E-state index is -0.105. The van der Waals surface area contributed by atoms with E-state index in [1.807, 2.05) is 27.2 Å². The highest BCUT2D eigenvalue weighted by Gasteiger charge is 2.28. The molecule has 3 aromatic rings. The van der Waals surface area contributed by atoms with Crippen LogP contribution in [0.15, 0.2) is 48.5 Å². The number of aryl methyl sites for hydroxylation is 1. The van der Waals surface area contributed by atoms with Gasteiger partial charge < -0.3 is 34.9 Å². The maximum Gasteiger partial charge on any atom is 0.128 e. The molecule has 44 heavy (non-hydrogen) atoms. The van der Waals surface area contributed by atoms with Crippen molar-refractivity contribution in [3.05, 3.63) is 98.9 Å². The predicted molar refractivity (Wildman–Crippen MR) is 172 cm³/mol. The highest BCUT2D eigenvalue weighted by molar-refractivity contribution is 5.50. The Bertz CT molecular complexity index is 1380. The van der Waals surface area contributed by atoms with Gasteiger partial charge in [0.05, 0.1) is 44.7 Å². The zero-order chi connectivity index (χ0) is 30.9. The van der Waals surface area contributed by atoms with E-state index in [9.17, 15) is 4.39 Å². The number of nitrogens with one attached hydrogen (secondary N) is 3. The molecule has 3 N–H and O–H groups in total. The average molecular weight is 606 g/mol. The maximum atomic E-state index is 13.4. The molecule has 0 aliphatic carbocycles. The van der Waals surface area contributed by atoms with E-state index >= 15 is 0 Å². The second kappa shape index (κ2) is 15.9. The number of likely N-dealkylation sites (N-methyl/N-ethyl adjacent to an activating group) is 3. The van der Waals surface area contributed by atoms with Crippen LogP contribution in [0.3, 0.4) is 0 Å². The van der Waals surface area contributed by atoms with Crippen LogP contribution >= 0.6 is 0 Å². The van der Waals surface area contributed by atoms with Gasteiger partial charge in [0.25, 0.3) is 0 Å². The predicted octanol–water partition coefficient (Wildman–Crippen LogP) is 4.94. The maximum absolute atomic E-state index is 13.4. The fraction of sp³-hybridized carbons (Fsp3) is 0.500. The van der Waals surface area contributed by atoms with E-state index in [1.54, 1.807) is 6.07 Å². The molecule has 4 aliphatic heterocycles. The van der Waals surface area contributed by atoms with Crippen molar-refractivity contribution in [2.45, 2.75) is 50.9 Å². The number of hydrogen-bond donors (Lipinski definition) is 3. The Morgan fingerprint density at radius 2 is 1.27 bits per heavy atom. The Hall–Kier alpha value is -2.85. The first-order valence-electron chi connectivity index (χ1n) is 16.0. The molecule has 0 saturated heterocycles. The summed E-state index contributed by atoms with van der Waals surface area (Å²) in [7, 11) is 5.80. The molecule has 0 radical (unpaired) electrons. The molecule has 7 nitrogen and oxygen atoms in total. The number of rotatable bonds is 6. The van der Waals surface area contributed by atoms with Crippen molar-refractivity contribution in [3.8, 4) is 5.75 Å². The molecule has 3 aromatic carbocycles. The van der Waals surface area contributed by atoms with Gasteiger partial charge in [0.1, 0.15) is 11.6 Å². The molecule has 0 aromatic heterocycles. The fourth-order valence-electron chi connectivity index (χ4n) is 6.54. The summed E-state index contributed by atoms with van der Waals surface area (Å²) in [5, 5.41) is 9.41. The summed E-state index contributed by atoms with van der Waals surface area (Å²) in [6.45, 7) is 7.72. The summed E-state index contributed by atoms with van der Waals surface area (Å²) in [5.41, 5.74) is 9.99. The topological polar surface area (TPSA) is 73.0 Å². The SMILES string of the molecule is CNC[C@@H]1OCCc2c(F)cccc21.CNC[C@@H]1OCCc2cc(C)ccc21.CNC[C@@H]1OCCc2ccc3c(c21)OCC3. The molecule has 0 bridgehead atoms. The van der Waals surface area contributed by atoms with Crippen molar-refractivity contribution in [2.75, 3.05) is 67.2 Å². The van der Waals surface area contributed by atoms with Gasteiger partial charge in [-0.15, -0.1) is 0 Å². The third-order valence-corrected chi connectivity index (χ3v) is 8.68. The number of benzene rings is 3. The molecule has 8 heteroatoms. The van der Waals surface area contributed by atoms with Crippen LogP contribution in [0, 0.1) is 12.7 Å². The Kier molecular flexibility index (Phi) is 11.8. The summed E-state index contributed by atoms with van der Waals surface area (Å²) in [6, 6.07) is 16.3. The lowest BCUT2D eigenvalue weighted by molar-refractivity contribution is 0.0418. The van der Waals surface area contributed by atoms with Gasteiger partial charge >= 0.3 is 0 Å². The van der Waals surface area contributed by atoms with Crippen LogP contribution in [-0.4, -0.2) is 67.2 Å². The van der Waals surface area contributed by atoms with Gasteiger partial charge in [-0.2, -0.15) is 0 Å². The first-order valence-corrected chi connectivity index (χ1v) is 16.0. The lowest BCUT2D eigenvalue weighted by Gasteiger charge is -2.27. The summed E-state index contributed by atoms with van der Waals surface area (Å²) >= 11 is 0. The Labute approximate surface area is 261 Å². The summed E-state index contributed by atoms with van der Waals surface area (Å²) in [4.78, 5) is 0. The third-order valence-electron chi connectivity index (χ3n) is 8.68. The van der Waals surface area contributed by atoms with Crippen molar-refractivity contribution in [3.63, 3.8) is 0 Å². The first kappa shape index (κ1) is 32.5. The molecule has 0 fully saturated rings. The normalized spacial score (nSPS) is 21.2. The molecule has 0 amide bonds. The van der Waals surface area contributed by atoms with Gasteiger partial charge in [-0.1, -0.05) is 48.0 Å². The standard InChI is InChI=1S/C13H17NO2.C12H17NO.C11H14FNO/c1-14-8-11-12-9(4-6-15-11)2-3-10-5-7-16-13(10)12;1-9-3-4-11-10(7-9)5-6-14-12(11)8-13-2;1-13-7-11-9-3-2-4-10(12)8(9)5-6-14-11/h2-3,11,14H,4-8H2,1H3;3-4,7,12-13H,5-6,8H2,1-2H3;2-4,11,13H,5-7H2,1H3/t11-;12-;11-/m000/s1. The lowest BCUT2D eigenvalue weighted by atomic mass is 9.93. The monoisotopic (exact) mass is 605 g/mol. The molecular weight excluding hydrogens is 557 g/mol. The smallest absolute Gasteiger partial charge is 0.128 e. The third kappa shape index (κ3) is 7.68. The molecular formula is C36H48FN3O4. The second-order valence-electron chi connectivity index (χ2n) is 11.7. The molecule has 4 aliphatic rings. The summed E-state index contributed by atoms with van der Waals surface area (Å²) < 4.78 is 36.3. The van der Waals surface area contributed by atoms with Crippen LogP contribution in [0.4, 0.5) is 4.39 Å². The average Bonchev–Trinajstić information content (AvgIpc) is 3.52. The molecule has 0 spiro atoms.